The number of nitrogens with one attached hydrogen (secondary N) is 1. The van der Waals surface area contributed by atoms with Crippen molar-refractivity contribution in [2.75, 3.05) is 0 Å². The number of aromatic nitrogens is 2. The van der Waals surface area contributed by atoms with Crippen molar-refractivity contribution in [1.82, 2.24) is 9.78 Å². The van der Waals surface area contributed by atoms with Crippen molar-refractivity contribution in [1.29, 1.82) is 0 Å². The molecule has 1 aromatic carbocycles. The number of benzene rings is 1. The molecule has 0 radical (unpaired) electrons. The third-order valence-electron chi connectivity index (χ3n) is 2.82. The zero-order valence-corrected chi connectivity index (χ0v) is 10.5. The molecular formula is C14H18N2O. The lowest BCUT2D eigenvalue weighted by Crippen LogP contribution is -2.18. The second-order valence-corrected chi connectivity index (χ2v) is 4.79. The topological polar surface area (TPSA) is 37.8 Å². The highest BCUT2D eigenvalue weighted by Gasteiger charge is 2.12. The Morgan fingerprint density at radius 3 is 2.47 bits per heavy atom. The molecule has 0 amide bonds. The van der Waals surface area contributed by atoms with Crippen LogP contribution in [-0.4, -0.2) is 9.78 Å². The van der Waals surface area contributed by atoms with Crippen molar-refractivity contribution in [2.45, 2.75) is 27.2 Å². The highest BCUT2D eigenvalue weighted by atomic mass is 16.1. The van der Waals surface area contributed by atoms with Gasteiger partial charge in [0.2, 0.25) is 0 Å². The molecule has 3 nitrogen and oxygen atoms in total. The molecule has 1 N–H and O–H groups in total. The van der Waals surface area contributed by atoms with Crippen LogP contribution in [0.3, 0.4) is 0 Å². The van der Waals surface area contributed by atoms with E-state index in [0.717, 1.165) is 23.4 Å². The molecule has 0 saturated carbocycles. The number of nitrogens with zero attached hydrogens (tertiary/aromatic N) is 1. The predicted molar refractivity (Wildman–Crippen MR) is 69.7 cm³/mol. The summed E-state index contributed by atoms with van der Waals surface area (Å²) in [4.78, 5) is 12.3. The highest BCUT2D eigenvalue weighted by Crippen LogP contribution is 2.10. The zero-order chi connectivity index (χ0) is 12.4. The summed E-state index contributed by atoms with van der Waals surface area (Å²) < 4.78 is 1.62. The van der Waals surface area contributed by atoms with Gasteiger partial charge in [0.15, 0.2) is 0 Å². The van der Waals surface area contributed by atoms with Crippen LogP contribution in [0, 0.1) is 12.8 Å². The van der Waals surface area contributed by atoms with Crippen LogP contribution in [0.25, 0.3) is 5.69 Å². The van der Waals surface area contributed by atoms with Crippen molar-refractivity contribution >= 4 is 0 Å². The summed E-state index contributed by atoms with van der Waals surface area (Å²) in [5, 5.41) is 3.14. The summed E-state index contributed by atoms with van der Waals surface area (Å²) in [5.41, 5.74) is 2.81. The maximum absolute atomic E-state index is 12.3. The SMILES string of the molecule is Cc1[nH]n(-c2ccccc2)c(=O)c1CC(C)C. The molecule has 1 heterocycles. The molecule has 0 spiro atoms. The van der Waals surface area contributed by atoms with Crippen molar-refractivity contribution in [2.24, 2.45) is 5.92 Å². The molecule has 0 atom stereocenters. The Balaban J connectivity index is 2.48. The van der Waals surface area contributed by atoms with Gasteiger partial charge >= 0.3 is 0 Å². The first-order valence-electron chi connectivity index (χ1n) is 5.95. The molecule has 0 aliphatic rings. The molecule has 0 fully saturated rings. The van der Waals surface area contributed by atoms with Crippen molar-refractivity contribution in [3.05, 3.63) is 51.9 Å². The average Bonchev–Trinajstić information content (AvgIpc) is 2.58. The molecule has 0 bridgehead atoms. The van der Waals surface area contributed by atoms with Crippen LogP contribution >= 0.6 is 0 Å². The minimum atomic E-state index is 0.0717. The van der Waals surface area contributed by atoms with Crippen LogP contribution < -0.4 is 5.56 Å². The number of hydrogen-bond donors (Lipinski definition) is 1. The Kier molecular flexibility index (Phi) is 3.18. The highest BCUT2D eigenvalue weighted by molar-refractivity contribution is 5.32. The lowest BCUT2D eigenvalue weighted by Gasteiger charge is -2.01. The summed E-state index contributed by atoms with van der Waals surface area (Å²) in [6.45, 7) is 6.20. The van der Waals surface area contributed by atoms with Gasteiger partial charge in [-0.25, -0.2) is 4.68 Å². The van der Waals surface area contributed by atoms with E-state index >= 15 is 0 Å². The van der Waals surface area contributed by atoms with Crippen LogP contribution in [0.15, 0.2) is 35.1 Å². The van der Waals surface area contributed by atoms with Crippen molar-refractivity contribution in [3.63, 3.8) is 0 Å². The molecular weight excluding hydrogens is 212 g/mol. The Labute approximate surface area is 101 Å². The van der Waals surface area contributed by atoms with Crippen LogP contribution in [0.5, 0.6) is 0 Å². The van der Waals surface area contributed by atoms with E-state index in [2.05, 4.69) is 18.9 Å². The third kappa shape index (κ3) is 2.33. The van der Waals surface area contributed by atoms with Gasteiger partial charge in [0.1, 0.15) is 0 Å². The maximum Gasteiger partial charge on any atom is 0.274 e. The first-order chi connectivity index (χ1) is 8.09. The second kappa shape index (κ2) is 4.62. The van der Waals surface area contributed by atoms with Gasteiger partial charge in [0.25, 0.3) is 5.56 Å². The van der Waals surface area contributed by atoms with Crippen molar-refractivity contribution in [3.8, 4) is 5.69 Å². The number of H-pyrrole nitrogens is 1. The third-order valence-corrected chi connectivity index (χ3v) is 2.82. The normalized spacial score (nSPS) is 11.1. The van der Waals surface area contributed by atoms with E-state index in [9.17, 15) is 4.79 Å². The number of rotatable bonds is 3. The second-order valence-electron chi connectivity index (χ2n) is 4.79. The van der Waals surface area contributed by atoms with E-state index in [1.54, 1.807) is 4.68 Å². The molecule has 17 heavy (non-hydrogen) atoms. The Bertz CT molecular complexity index is 549. The lowest BCUT2D eigenvalue weighted by atomic mass is 10.0. The number of aryl methyl sites for hydroxylation is 1. The van der Waals surface area contributed by atoms with Gasteiger partial charge < -0.3 is 0 Å². The van der Waals surface area contributed by atoms with Crippen LogP contribution in [0.4, 0.5) is 0 Å². The van der Waals surface area contributed by atoms with Gasteiger partial charge in [-0.05, 0) is 31.4 Å². The number of para-hydroxylation sites is 1. The van der Waals surface area contributed by atoms with Gasteiger partial charge in [0.05, 0.1) is 5.69 Å². The first-order valence-corrected chi connectivity index (χ1v) is 5.95. The average molecular weight is 230 g/mol. The summed E-state index contributed by atoms with van der Waals surface area (Å²) in [5.74, 6) is 0.487. The predicted octanol–water partition coefficient (Wildman–Crippen LogP) is 2.67. The fraction of sp³-hybridized carbons (Fsp3) is 0.357. The van der Waals surface area contributed by atoms with E-state index < -0.39 is 0 Å². The van der Waals surface area contributed by atoms with E-state index in [1.807, 2.05) is 37.3 Å². The van der Waals surface area contributed by atoms with Gasteiger partial charge in [-0.3, -0.25) is 9.89 Å². The maximum atomic E-state index is 12.3. The van der Waals surface area contributed by atoms with Crippen LogP contribution in [-0.2, 0) is 6.42 Å². The number of hydrogen-bond acceptors (Lipinski definition) is 1. The summed E-state index contributed by atoms with van der Waals surface area (Å²) in [7, 11) is 0. The quantitative estimate of drug-likeness (QED) is 0.865. The molecule has 0 aliphatic carbocycles. The largest absolute Gasteiger partial charge is 0.295 e. The Morgan fingerprint density at radius 2 is 1.88 bits per heavy atom. The van der Waals surface area contributed by atoms with Gasteiger partial charge in [-0.1, -0.05) is 32.0 Å². The molecule has 2 rings (SSSR count). The molecule has 0 unspecified atom stereocenters. The summed E-state index contributed by atoms with van der Waals surface area (Å²) in [6.07, 6.45) is 0.820. The van der Waals surface area contributed by atoms with Gasteiger partial charge in [0, 0.05) is 11.3 Å². The number of aromatic amines is 1. The smallest absolute Gasteiger partial charge is 0.274 e. The zero-order valence-electron chi connectivity index (χ0n) is 10.5. The van der Waals surface area contributed by atoms with Gasteiger partial charge in [-0.2, -0.15) is 0 Å². The molecule has 0 aliphatic heterocycles. The van der Waals surface area contributed by atoms with Gasteiger partial charge in [-0.15, -0.1) is 0 Å². The molecule has 2 aromatic rings. The molecule has 90 valence electrons. The Hall–Kier alpha value is -1.77. The molecule has 1 aromatic heterocycles. The fourth-order valence-electron chi connectivity index (χ4n) is 1.99. The monoisotopic (exact) mass is 230 g/mol. The minimum Gasteiger partial charge on any atom is -0.295 e. The summed E-state index contributed by atoms with van der Waals surface area (Å²) in [6, 6.07) is 9.66. The molecule has 3 heteroatoms. The molecule has 0 saturated heterocycles. The Morgan fingerprint density at radius 1 is 1.24 bits per heavy atom. The van der Waals surface area contributed by atoms with E-state index in [-0.39, 0.29) is 5.56 Å². The van der Waals surface area contributed by atoms with Crippen LogP contribution in [0.2, 0.25) is 0 Å². The van der Waals surface area contributed by atoms with Crippen LogP contribution in [0.1, 0.15) is 25.1 Å². The first kappa shape index (κ1) is 11.7. The van der Waals surface area contributed by atoms with E-state index in [0.29, 0.717) is 5.92 Å². The van der Waals surface area contributed by atoms with Crippen molar-refractivity contribution < 1.29 is 0 Å². The lowest BCUT2D eigenvalue weighted by molar-refractivity contribution is 0.642. The van der Waals surface area contributed by atoms with E-state index in [4.69, 9.17) is 0 Å². The minimum absolute atomic E-state index is 0.0717. The fourth-order valence-corrected chi connectivity index (χ4v) is 1.99. The summed E-state index contributed by atoms with van der Waals surface area (Å²) >= 11 is 0. The van der Waals surface area contributed by atoms with E-state index in [1.165, 1.54) is 0 Å². The standard InChI is InChI=1S/C14H18N2O/c1-10(2)9-13-11(3)15-16(14(13)17)12-7-5-4-6-8-12/h4-8,10,15H,9H2,1-3H3.